The van der Waals surface area contributed by atoms with Gasteiger partial charge in [-0.05, 0) is 18.1 Å². The van der Waals surface area contributed by atoms with Gasteiger partial charge in [-0.25, -0.2) is 0 Å². The van der Waals surface area contributed by atoms with Crippen LogP contribution in [0.4, 0.5) is 0 Å². The highest BCUT2D eigenvalue weighted by Crippen LogP contribution is 2.28. The minimum absolute atomic E-state index is 0.358. The van der Waals surface area contributed by atoms with Crippen LogP contribution < -0.4 is 0 Å². The molecule has 0 atom stereocenters. The quantitative estimate of drug-likeness (QED) is 0.615. The summed E-state index contributed by atoms with van der Waals surface area (Å²) in [4.78, 5) is 0. The Balaban J connectivity index is 2.60. The first kappa shape index (κ1) is 7.17. The summed E-state index contributed by atoms with van der Waals surface area (Å²) in [6.07, 6.45) is 4.71. The van der Waals surface area contributed by atoms with Gasteiger partial charge in [0.2, 0.25) is 0 Å². The normalized spacial score (nSPS) is 14.5. The van der Waals surface area contributed by atoms with E-state index in [1.807, 2.05) is 24.3 Å². The van der Waals surface area contributed by atoms with E-state index in [4.69, 9.17) is 0 Å². The van der Waals surface area contributed by atoms with E-state index in [9.17, 15) is 5.11 Å². The van der Waals surface area contributed by atoms with Crippen molar-refractivity contribution in [2.75, 3.05) is 0 Å². The Morgan fingerprint density at radius 3 is 2.92 bits per heavy atom. The van der Waals surface area contributed by atoms with Crippen molar-refractivity contribution < 1.29 is 5.11 Å². The molecule has 12 heavy (non-hydrogen) atoms. The number of rotatable bonds is 0. The van der Waals surface area contributed by atoms with Gasteiger partial charge in [-0.15, -0.1) is 0 Å². The van der Waals surface area contributed by atoms with Crippen molar-refractivity contribution in [2.24, 2.45) is 0 Å². The predicted molar refractivity (Wildman–Crippen MR) is 50.0 cm³/mol. The van der Waals surface area contributed by atoms with E-state index in [1.165, 1.54) is 0 Å². The van der Waals surface area contributed by atoms with Crippen molar-refractivity contribution in [2.45, 2.75) is 6.42 Å². The van der Waals surface area contributed by atoms with Crippen LogP contribution in [0.3, 0.4) is 0 Å². The van der Waals surface area contributed by atoms with Crippen LogP contribution in [-0.2, 0) is 6.42 Å². The first-order chi connectivity index (χ1) is 5.77. The van der Waals surface area contributed by atoms with Gasteiger partial charge in [0.15, 0.2) is 0 Å². The molecule has 1 aliphatic rings. The van der Waals surface area contributed by atoms with Gasteiger partial charge in [-0.2, -0.15) is 0 Å². The lowest BCUT2D eigenvalue weighted by molar-refractivity contribution is 0.473. The highest BCUT2D eigenvalue weighted by molar-refractivity contribution is 5.66. The smallest absolute Gasteiger partial charge is 0.123 e. The van der Waals surface area contributed by atoms with Gasteiger partial charge in [-0.3, -0.25) is 0 Å². The molecule has 1 heteroatoms. The zero-order valence-electron chi connectivity index (χ0n) is 6.75. The van der Waals surface area contributed by atoms with Crippen molar-refractivity contribution in [1.82, 2.24) is 0 Å². The molecule has 1 N–H and O–H groups in total. The van der Waals surface area contributed by atoms with Gasteiger partial charge in [0.25, 0.3) is 0 Å². The molecule has 2 rings (SSSR count). The number of aromatic hydroxyl groups is 1. The predicted octanol–water partition coefficient (Wildman–Crippen LogP) is 2.52. The summed E-state index contributed by atoms with van der Waals surface area (Å²) < 4.78 is 0. The zero-order chi connectivity index (χ0) is 8.55. The molecular formula is C11H10O. The van der Waals surface area contributed by atoms with E-state index in [0.29, 0.717) is 5.75 Å². The SMILES string of the molecule is C=C1C=Cc2c(O)cccc2C1. The van der Waals surface area contributed by atoms with Crippen molar-refractivity contribution >= 4 is 6.08 Å². The first-order valence-corrected chi connectivity index (χ1v) is 3.94. The number of benzene rings is 1. The van der Waals surface area contributed by atoms with Crippen LogP contribution in [-0.4, -0.2) is 5.11 Å². The van der Waals surface area contributed by atoms with Crippen LogP contribution in [0.5, 0.6) is 5.75 Å². The summed E-state index contributed by atoms with van der Waals surface area (Å²) in [5, 5.41) is 9.46. The lowest BCUT2D eigenvalue weighted by Gasteiger charge is -2.12. The molecule has 1 aromatic carbocycles. The molecule has 0 saturated heterocycles. The molecule has 0 heterocycles. The average Bonchev–Trinajstić information content (AvgIpc) is 2.04. The number of allylic oxidation sites excluding steroid dienone is 2. The molecule has 0 fully saturated rings. The lowest BCUT2D eigenvalue weighted by Crippen LogP contribution is -1.95. The van der Waals surface area contributed by atoms with Crippen molar-refractivity contribution in [3.63, 3.8) is 0 Å². The highest BCUT2D eigenvalue weighted by atomic mass is 16.3. The maximum atomic E-state index is 9.46. The molecular weight excluding hydrogens is 148 g/mol. The molecule has 1 aromatic rings. The van der Waals surface area contributed by atoms with Gasteiger partial charge >= 0.3 is 0 Å². The zero-order valence-corrected chi connectivity index (χ0v) is 6.75. The Morgan fingerprint density at radius 2 is 2.08 bits per heavy atom. The van der Waals surface area contributed by atoms with Crippen LogP contribution in [0.1, 0.15) is 11.1 Å². The van der Waals surface area contributed by atoms with Gasteiger partial charge < -0.3 is 5.11 Å². The second-order valence-corrected chi connectivity index (χ2v) is 3.02. The van der Waals surface area contributed by atoms with Gasteiger partial charge in [0.05, 0.1) is 0 Å². The fraction of sp³-hybridized carbons (Fsp3) is 0.0909. The number of hydrogen-bond acceptors (Lipinski definition) is 1. The Bertz CT molecular complexity index is 361. The van der Waals surface area contributed by atoms with Gasteiger partial charge in [-0.1, -0.05) is 36.4 Å². The van der Waals surface area contributed by atoms with Crippen LogP contribution in [0, 0.1) is 0 Å². The van der Waals surface area contributed by atoms with E-state index >= 15 is 0 Å². The number of fused-ring (bicyclic) bond motifs is 1. The summed E-state index contributed by atoms with van der Waals surface area (Å²) in [6.45, 7) is 3.87. The largest absolute Gasteiger partial charge is 0.507 e. The lowest BCUT2D eigenvalue weighted by atomic mass is 9.94. The van der Waals surface area contributed by atoms with E-state index < -0.39 is 0 Å². The third-order valence-electron chi connectivity index (χ3n) is 2.08. The molecule has 0 saturated carbocycles. The molecule has 1 nitrogen and oxygen atoms in total. The standard InChI is InChI=1S/C11H10O/c1-8-5-6-10-9(7-8)3-2-4-11(10)12/h2-6,12H,1,7H2. The second-order valence-electron chi connectivity index (χ2n) is 3.02. The van der Waals surface area contributed by atoms with E-state index in [2.05, 4.69) is 6.58 Å². The monoisotopic (exact) mass is 158 g/mol. The molecule has 0 aliphatic heterocycles. The Hall–Kier alpha value is -1.50. The number of phenolic OH excluding ortho intramolecular Hbond substituents is 1. The fourth-order valence-electron chi connectivity index (χ4n) is 1.45. The summed E-state index contributed by atoms with van der Waals surface area (Å²) in [6, 6.07) is 5.58. The maximum Gasteiger partial charge on any atom is 0.123 e. The topological polar surface area (TPSA) is 20.2 Å². The summed E-state index contributed by atoms with van der Waals surface area (Å²) in [5.41, 5.74) is 3.18. The van der Waals surface area contributed by atoms with Crippen molar-refractivity contribution in [3.8, 4) is 5.75 Å². The van der Waals surface area contributed by atoms with Crippen LogP contribution in [0.2, 0.25) is 0 Å². The van der Waals surface area contributed by atoms with Gasteiger partial charge in [0, 0.05) is 5.56 Å². The molecule has 0 aromatic heterocycles. The average molecular weight is 158 g/mol. The van der Waals surface area contributed by atoms with Gasteiger partial charge in [0.1, 0.15) is 5.75 Å². The molecule has 0 amide bonds. The van der Waals surface area contributed by atoms with E-state index in [1.54, 1.807) is 6.07 Å². The first-order valence-electron chi connectivity index (χ1n) is 3.94. The van der Waals surface area contributed by atoms with E-state index in [0.717, 1.165) is 23.1 Å². The summed E-state index contributed by atoms with van der Waals surface area (Å²) >= 11 is 0. The third kappa shape index (κ3) is 1.03. The third-order valence-corrected chi connectivity index (χ3v) is 2.08. The van der Waals surface area contributed by atoms with E-state index in [-0.39, 0.29) is 0 Å². The molecule has 0 bridgehead atoms. The van der Waals surface area contributed by atoms with Crippen LogP contribution >= 0.6 is 0 Å². The Kier molecular flexibility index (Phi) is 1.51. The fourth-order valence-corrected chi connectivity index (χ4v) is 1.45. The number of phenols is 1. The van der Waals surface area contributed by atoms with Crippen LogP contribution in [0.25, 0.3) is 6.08 Å². The maximum absolute atomic E-state index is 9.46. The summed E-state index contributed by atoms with van der Waals surface area (Å²) in [7, 11) is 0. The molecule has 0 unspecified atom stereocenters. The van der Waals surface area contributed by atoms with Crippen LogP contribution in [0.15, 0.2) is 36.4 Å². The minimum atomic E-state index is 0.358. The summed E-state index contributed by atoms with van der Waals surface area (Å²) in [5.74, 6) is 0.358. The number of hydrogen-bond donors (Lipinski definition) is 1. The minimum Gasteiger partial charge on any atom is -0.507 e. The molecule has 0 radical (unpaired) electrons. The molecule has 0 spiro atoms. The van der Waals surface area contributed by atoms with Crippen molar-refractivity contribution in [3.05, 3.63) is 47.6 Å². The second kappa shape index (κ2) is 2.52. The van der Waals surface area contributed by atoms with Crippen molar-refractivity contribution in [1.29, 1.82) is 0 Å². The molecule has 1 aliphatic carbocycles. The molecule has 60 valence electrons. The Labute approximate surface area is 71.7 Å². The Morgan fingerprint density at radius 1 is 1.25 bits per heavy atom. The highest BCUT2D eigenvalue weighted by Gasteiger charge is 2.08.